The highest BCUT2D eigenvalue weighted by Gasteiger charge is 2.35. The third kappa shape index (κ3) is 5.19. The van der Waals surface area contributed by atoms with Crippen LogP contribution in [0, 0.1) is 0 Å². The number of carbonyl (C=O) groups is 1. The number of halogens is 3. The number of alkyl halides is 3. The summed E-state index contributed by atoms with van der Waals surface area (Å²) in [5, 5.41) is 8.11. The van der Waals surface area contributed by atoms with Gasteiger partial charge in [-0.3, -0.25) is 9.78 Å². The summed E-state index contributed by atoms with van der Waals surface area (Å²) in [6, 6.07) is 6.32. The molecule has 0 unspecified atom stereocenters. The third-order valence-corrected chi connectivity index (χ3v) is 5.82. The maximum absolute atomic E-state index is 13.5. The first-order valence-corrected chi connectivity index (χ1v) is 11.4. The SMILES string of the molecule is CS(=O)(=O)c1cncc(CNc2nc(Nc3ccc4c(c3)CC(=O)N4)ncc2C(F)(F)F)c1. The Hall–Kier alpha value is -3.74. The normalized spacial score (nSPS) is 13.4. The van der Waals surface area contributed by atoms with Crippen molar-refractivity contribution in [3.05, 3.63) is 59.5 Å². The van der Waals surface area contributed by atoms with Gasteiger partial charge in [-0.1, -0.05) is 0 Å². The number of fused-ring (bicyclic) bond motifs is 1. The highest BCUT2D eigenvalue weighted by Crippen LogP contribution is 2.34. The summed E-state index contributed by atoms with van der Waals surface area (Å²) in [6.07, 6.45) is -0.349. The van der Waals surface area contributed by atoms with E-state index in [0.717, 1.165) is 18.0 Å². The predicted octanol–water partition coefficient (Wildman–Crippen LogP) is 3.14. The van der Waals surface area contributed by atoms with Crippen molar-refractivity contribution in [3.63, 3.8) is 0 Å². The fourth-order valence-electron chi connectivity index (χ4n) is 3.17. The van der Waals surface area contributed by atoms with Crippen LogP contribution in [-0.2, 0) is 33.8 Å². The van der Waals surface area contributed by atoms with Crippen LogP contribution in [-0.4, -0.2) is 35.5 Å². The molecule has 33 heavy (non-hydrogen) atoms. The topological polar surface area (TPSA) is 126 Å². The Balaban J connectivity index is 1.58. The van der Waals surface area contributed by atoms with Gasteiger partial charge in [0.2, 0.25) is 11.9 Å². The summed E-state index contributed by atoms with van der Waals surface area (Å²) in [7, 11) is -3.52. The zero-order valence-corrected chi connectivity index (χ0v) is 17.9. The van der Waals surface area contributed by atoms with Crippen LogP contribution in [0.3, 0.4) is 0 Å². The first-order chi connectivity index (χ1) is 15.5. The number of carbonyl (C=O) groups excluding carboxylic acids is 1. The number of pyridine rings is 1. The number of amides is 1. The number of sulfone groups is 1. The molecular weight excluding hydrogens is 461 g/mol. The molecule has 4 rings (SSSR count). The Labute approximate surface area is 186 Å². The monoisotopic (exact) mass is 478 g/mol. The molecule has 2 aromatic heterocycles. The molecule has 0 aliphatic carbocycles. The van der Waals surface area contributed by atoms with E-state index in [2.05, 4.69) is 30.9 Å². The largest absolute Gasteiger partial charge is 0.421 e. The summed E-state index contributed by atoms with van der Waals surface area (Å²) in [5.74, 6) is -0.720. The van der Waals surface area contributed by atoms with Crippen molar-refractivity contribution in [1.82, 2.24) is 15.0 Å². The van der Waals surface area contributed by atoms with Gasteiger partial charge >= 0.3 is 6.18 Å². The average molecular weight is 478 g/mol. The highest BCUT2D eigenvalue weighted by atomic mass is 32.2. The minimum atomic E-state index is -4.71. The van der Waals surface area contributed by atoms with E-state index in [1.807, 2.05) is 0 Å². The fourth-order valence-corrected chi connectivity index (χ4v) is 3.79. The Kier molecular flexibility index (Phi) is 5.66. The van der Waals surface area contributed by atoms with Gasteiger partial charge in [0.05, 0.1) is 11.3 Å². The molecule has 1 aromatic carbocycles. The van der Waals surface area contributed by atoms with Gasteiger partial charge < -0.3 is 16.0 Å². The standard InChI is InChI=1S/C20H17F3N6O3S/c1-33(31,32)14-4-11(7-24-9-14)8-25-18-15(20(21,22)23)10-26-19(29-18)27-13-2-3-16-12(5-13)6-17(30)28-16/h2-5,7,9-10H,6,8H2,1H3,(H,28,30)(H2,25,26,27,29). The van der Waals surface area contributed by atoms with Crippen molar-refractivity contribution in [2.24, 2.45) is 0 Å². The lowest BCUT2D eigenvalue weighted by Crippen LogP contribution is -2.14. The Morgan fingerprint density at radius 3 is 2.67 bits per heavy atom. The number of hydrogen-bond acceptors (Lipinski definition) is 8. The Morgan fingerprint density at radius 1 is 1.15 bits per heavy atom. The van der Waals surface area contributed by atoms with Gasteiger partial charge in [-0.2, -0.15) is 18.2 Å². The molecule has 3 heterocycles. The van der Waals surface area contributed by atoms with Gasteiger partial charge in [0.1, 0.15) is 11.4 Å². The molecule has 1 aliphatic rings. The molecule has 0 bridgehead atoms. The number of nitrogens with one attached hydrogen (secondary N) is 3. The summed E-state index contributed by atoms with van der Waals surface area (Å²) in [6.45, 7) is -0.150. The smallest absolute Gasteiger partial charge is 0.365 e. The second-order valence-electron chi connectivity index (χ2n) is 7.33. The van der Waals surface area contributed by atoms with Crippen molar-refractivity contribution in [3.8, 4) is 0 Å². The minimum Gasteiger partial charge on any atom is -0.365 e. The summed E-state index contributed by atoms with van der Waals surface area (Å²) < 4.78 is 63.8. The maximum Gasteiger partial charge on any atom is 0.421 e. The summed E-state index contributed by atoms with van der Waals surface area (Å²) in [4.78, 5) is 23.0. The molecule has 1 aliphatic heterocycles. The molecule has 9 nitrogen and oxygen atoms in total. The number of rotatable bonds is 6. The average Bonchev–Trinajstić information content (AvgIpc) is 3.10. The van der Waals surface area contributed by atoms with Gasteiger partial charge in [0, 0.05) is 42.8 Å². The lowest BCUT2D eigenvalue weighted by molar-refractivity contribution is -0.137. The molecule has 0 fully saturated rings. The Bertz CT molecular complexity index is 1350. The fraction of sp³-hybridized carbons (Fsp3) is 0.200. The molecule has 1 amide bonds. The van der Waals surface area contributed by atoms with E-state index in [9.17, 15) is 26.4 Å². The highest BCUT2D eigenvalue weighted by molar-refractivity contribution is 7.90. The molecule has 3 aromatic rings. The van der Waals surface area contributed by atoms with Crippen LogP contribution in [0.15, 0.2) is 47.8 Å². The first-order valence-electron chi connectivity index (χ1n) is 9.51. The van der Waals surface area contributed by atoms with Crippen LogP contribution in [0.1, 0.15) is 16.7 Å². The predicted molar refractivity (Wildman–Crippen MR) is 114 cm³/mol. The van der Waals surface area contributed by atoms with E-state index in [1.54, 1.807) is 18.2 Å². The van der Waals surface area contributed by atoms with E-state index in [0.29, 0.717) is 23.1 Å². The van der Waals surface area contributed by atoms with E-state index in [-0.39, 0.29) is 29.7 Å². The third-order valence-electron chi connectivity index (χ3n) is 4.74. The maximum atomic E-state index is 13.5. The molecular formula is C20H17F3N6O3S. The van der Waals surface area contributed by atoms with Gasteiger partial charge in [-0.05, 0) is 35.4 Å². The summed E-state index contributed by atoms with van der Waals surface area (Å²) in [5.41, 5.74) is 1.19. The second-order valence-corrected chi connectivity index (χ2v) is 9.35. The van der Waals surface area contributed by atoms with Crippen LogP contribution in [0.2, 0.25) is 0 Å². The van der Waals surface area contributed by atoms with Crippen molar-refractivity contribution in [2.45, 2.75) is 24.0 Å². The van der Waals surface area contributed by atoms with Crippen LogP contribution in [0.4, 0.5) is 36.3 Å². The number of hydrogen-bond donors (Lipinski definition) is 3. The Morgan fingerprint density at radius 2 is 1.94 bits per heavy atom. The van der Waals surface area contributed by atoms with Crippen molar-refractivity contribution >= 4 is 38.9 Å². The lowest BCUT2D eigenvalue weighted by Gasteiger charge is -2.15. The number of benzene rings is 1. The molecule has 0 saturated carbocycles. The second kappa shape index (κ2) is 8.31. The minimum absolute atomic E-state index is 0.0486. The molecule has 172 valence electrons. The zero-order chi connectivity index (χ0) is 23.8. The molecule has 0 saturated heterocycles. The molecule has 0 radical (unpaired) electrons. The number of aromatic nitrogens is 3. The van der Waals surface area contributed by atoms with E-state index in [4.69, 9.17) is 0 Å². The molecule has 13 heteroatoms. The van der Waals surface area contributed by atoms with Crippen LogP contribution < -0.4 is 16.0 Å². The van der Waals surface area contributed by atoms with Crippen molar-refractivity contribution in [1.29, 1.82) is 0 Å². The van der Waals surface area contributed by atoms with Crippen LogP contribution >= 0.6 is 0 Å². The van der Waals surface area contributed by atoms with Crippen LogP contribution in [0.25, 0.3) is 0 Å². The summed E-state index contributed by atoms with van der Waals surface area (Å²) >= 11 is 0. The number of nitrogens with zero attached hydrogens (tertiary/aromatic N) is 3. The zero-order valence-electron chi connectivity index (χ0n) is 17.1. The lowest BCUT2D eigenvalue weighted by atomic mass is 10.1. The van der Waals surface area contributed by atoms with Gasteiger partial charge in [0.25, 0.3) is 0 Å². The first kappa shape index (κ1) is 22.5. The quantitative estimate of drug-likeness (QED) is 0.493. The molecule has 3 N–H and O–H groups in total. The van der Waals surface area contributed by atoms with Crippen molar-refractivity contribution in [2.75, 3.05) is 22.2 Å². The van der Waals surface area contributed by atoms with Crippen LogP contribution in [0.5, 0.6) is 0 Å². The number of anilines is 4. The van der Waals surface area contributed by atoms with E-state index >= 15 is 0 Å². The van der Waals surface area contributed by atoms with Gasteiger partial charge in [-0.15, -0.1) is 0 Å². The van der Waals surface area contributed by atoms with E-state index in [1.165, 1.54) is 12.3 Å². The molecule has 0 atom stereocenters. The van der Waals surface area contributed by atoms with Gasteiger partial charge in [0.15, 0.2) is 9.84 Å². The van der Waals surface area contributed by atoms with Crippen molar-refractivity contribution < 1.29 is 26.4 Å². The molecule has 0 spiro atoms. The van der Waals surface area contributed by atoms with Gasteiger partial charge in [-0.25, -0.2) is 13.4 Å². The van der Waals surface area contributed by atoms with E-state index < -0.39 is 27.4 Å².